The molecule has 0 spiro atoms. The van der Waals surface area contributed by atoms with E-state index >= 15 is 0 Å². The van der Waals surface area contributed by atoms with Gasteiger partial charge in [-0.25, -0.2) is 0 Å². The maximum Gasteiger partial charge on any atom is 0.306 e. The van der Waals surface area contributed by atoms with Crippen LogP contribution in [0.25, 0.3) is 0 Å². The van der Waals surface area contributed by atoms with Crippen molar-refractivity contribution in [2.75, 3.05) is 13.2 Å². The Bertz CT molecular complexity index is 1450. The first-order chi connectivity index (χ1) is 39.0. The van der Waals surface area contributed by atoms with Crippen molar-refractivity contribution in [3.05, 3.63) is 72.9 Å². The normalized spacial score (nSPS) is 12.5. The molecule has 0 heterocycles. The summed E-state index contributed by atoms with van der Waals surface area (Å²) in [5, 5.41) is 0. The van der Waals surface area contributed by atoms with Crippen molar-refractivity contribution in [3.8, 4) is 0 Å². The van der Waals surface area contributed by atoms with Crippen molar-refractivity contribution in [1.82, 2.24) is 0 Å². The number of ether oxygens (including phenoxy) is 3. The molecule has 79 heavy (non-hydrogen) atoms. The van der Waals surface area contributed by atoms with Crippen LogP contribution in [0.1, 0.15) is 355 Å². The molecular weight excluding hydrogens is 973 g/mol. The highest BCUT2D eigenvalue weighted by Gasteiger charge is 2.19. The SMILES string of the molecule is CC/C=C\C/C=C\C/C=C\C/C=C\CCCCCCC(=O)OCC(COC(=O)CCCCCCCCCCCCCCC/C=C\C/C=C\CCCCCCC)OC(=O)CCCCCCCCCCCCCCCCCCCCC. The molecule has 0 N–H and O–H groups in total. The van der Waals surface area contributed by atoms with Gasteiger partial charge in [-0.1, -0.05) is 318 Å². The second-order valence-corrected chi connectivity index (χ2v) is 23.1. The fourth-order valence-corrected chi connectivity index (χ4v) is 10.1. The predicted molar refractivity (Wildman–Crippen MR) is 344 cm³/mol. The van der Waals surface area contributed by atoms with Crippen LogP contribution < -0.4 is 0 Å². The molecule has 0 aromatic heterocycles. The smallest absolute Gasteiger partial charge is 0.306 e. The summed E-state index contributed by atoms with van der Waals surface area (Å²) in [4.78, 5) is 38.4. The van der Waals surface area contributed by atoms with Crippen molar-refractivity contribution in [1.29, 1.82) is 0 Å². The Morgan fingerprint density at radius 2 is 0.494 bits per heavy atom. The van der Waals surface area contributed by atoms with Crippen LogP contribution in [0.4, 0.5) is 0 Å². The molecule has 458 valence electrons. The van der Waals surface area contributed by atoms with Gasteiger partial charge in [-0.05, 0) is 89.9 Å². The molecule has 1 atom stereocenters. The van der Waals surface area contributed by atoms with E-state index in [4.69, 9.17) is 14.2 Å². The number of carbonyl (C=O) groups excluding carboxylic acids is 3. The Morgan fingerprint density at radius 3 is 0.772 bits per heavy atom. The first kappa shape index (κ1) is 75.8. The Kier molecular flexibility index (Phi) is 64.7. The molecule has 0 saturated carbocycles. The van der Waals surface area contributed by atoms with Crippen LogP contribution in [-0.4, -0.2) is 37.2 Å². The topological polar surface area (TPSA) is 78.9 Å². The van der Waals surface area contributed by atoms with Gasteiger partial charge in [-0.15, -0.1) is 0 Å². The van der Waals surface area contributed by atoms with Gasteiger partial charge in [0.1, 0.15) is 13.2 Å². The first-order valence-electron chi connectivity index (χ1n) is 34.4. The molecule has 6 nitrogen and oxygen atoms in total. The van der Waals surface area contributed by atoms with Crippen LogP contribution in [0.5, 0.6) is 0 Å². The highest BCUT2D eigenvalue weighted by atomic mass is 16.6. The van der Waals surface area contributed by atoms with Gasteiger partial charge in [0.05, 0.1) is 0 Å². The first-order valence-corrected chi connectivity index (χ1v) is 34.4. The quantitative estimate of drug-likeness (QED) is 0.0261. The minimum absolute atomic E-state index is 0.0802. The lowest BCUT2D eigenvalue weighted by Crippen LogP contribution is -2.30. The summed E-state index contributed by atoms with van der Waals surface area (Å²) in [6.07, 6.45) is 87.8. The van der Waals surface area contributed by atoms with E-state index in [1.54, 1.807) is 0 Å². The average molecular weight is 1100 g/mol. The van der Waals surface area contributed by atoms with Gasteiger partial charge in [0.15, 0.2) is 6.10 Å². The van der Waals surface area contributed by atoms with E-state index in [0.29, 0.717) is 19.3 Å². The largest absolute Gasteiger partial charge is 0.462 e. The summed E-state index contributed by atoms with van der Waals surface area (Å²) in [5.74, 6) is -0.884. The lowest BCUT2D eigenvalue weighted by molar-refractivity contribution is -0.167. The molecule has 0 aromatic carbocycles. The molecule has 0 saturated heterocycles. The van der Waals surface area contributed by atoms with Crippen LogP contribution in [0.3, 0.4) is 0 Å². The van der Waals surface area contributed by atoms with Gasteiger partial charge in [-0.3, -0.25) is 14.4 Å². The highest BCUT2D eigenvalue weighted by Crippen LogP contribution is 2.18. The van der Waals surface area contributed by atoms with Crippen molar-refractivity contribution in [2.45, 2.75) is 361 Å². The maximum absolute atomic E-state index is 12.9. The third-order valence-corrected chi connectivity index (χ3v) is 15.2. The Hall–Kier alpha value is -3.15. The molecule has 6 heteroatoms. The lowest BCUT2D eigenvalue weighted by atomic mass is 10.0. The lowest BCUT2D eigenvalue weighted by Gasteiger charge is -2.18. The Labute approximate surface area is 491 Å². The van der Waals surface area contributed by atoms with Gasteiger partial charge in [0.2, 0.25) is 0 Å². The molecule has 0 fully saturated rings. The predicted octanol–water partition coefficient (Wildman–Crippen LogP) is 23.7. The van der Waals surface area contributed by atoms with E-state index in [1.165, 1.54) is 212 Å². The standard InChI is InChI=1S/C73H130O6/c1-4-7-10-13-16-19-22-25-28-31-33-34-35-36-37-38-40-42-45-48-51-54-57-60-63-66-72(75)78-69-70(68-77-71(74)65-62-59-56-53-50-47-44-41-30-27-24-21-18-15-12-9-6-3)79-73(76)67-64-61-58-55-52-49-46-43-39-32-29-26-23-20-17-14-11-8-5-2/h9,12,18,21-22,25,27,30-31,33,44,47,70H,4-8,10-11,13-17,19-20,23-24,26,28-29,32,34-43,45-46,48-69H2,1-3H3/b12-9-,21-18-,25-22-,30-27-,33-31-,47-44-. The van der Waals surface area contributed by atoms with E-state index < -0.39 is 6.10 Å². The summed E-state index contributed by atoms with van der Waals surface area (Å²) >= 11 is 0. The molecule has 0 aliphatic rings. The number of hydrogen-bond donors (Lipinski definition) is 0. The van der Waals surface area contributed by atoms with E-state index in [1.807, 2.05) is 0 Å². The number of unbranched alkanes of at least 4 members (excludes halogenated alkanes) is 40. The highest BCUT2D eigenvalue weighted by molar-refractivity contribution is 5.71. The van der Waals surface area contributed by atoms with Crippen molar-refractivity contribution in [3.63, 3.8) is 0 Å². The van der Waals surface area contributed by atoms with Crippen LogP contribution in [-0.2, 0) is 28.6 Å². The molecule has 0 bridgehead atoms. The van der Waals surface area contributed by atoms with E-state index in [9.17, 15) is 14.4 Å². The number of rotatable bonds is 63. The zero-order chi connectivity index (χ0) is 57.1. The van der Waals surface area contributed by atoms with Crippen LogP contribution >= 0.6 is 0 Å². The minimum atomic E-state index is -0.786. The number of hydrogen-bond acceptors (Lipinski definition) is 6. The zero-order valence-corrected chi connectivity index (χ0v) is 52.6. The van der Waals surface area contributed by atoms with Gasteiger partial charge >= 0.3 is 17.9 Å². The number of esters is 3. The van der Waals surface area contributed by atoms with Crippen molar-refractivity contribution in [2.24, 2.45) is 0 Å². The van der Waals surface area contributed by atoms with Gasteiger partial charge < -0.3 is 14.2 Å². The molecular formula is C73H130O6. The van der Waals surface area contributed by atoms with Crippen LogP contribution in [0.2, 0.25) is 0 Å². The van der Waals surface area contributed by atoms with Crippen LogP contribution in [0, 0.1) is 0 Å². The third-order valence-electron chi connectivity index (χ3n) is 15.2. The third kappa shape index (κ3) is 65.5. The molecule has 0 amide bonds. The molecule has 0 radical (unpaired) electrons. The Morgan fingerprint density at radius 1 is 0.266 bits per heavy atom. The zero-order valence-electron chi connectivity index (χ0n) is 52.6. The number of carbonyl (C=O) groups is 3. The van der Waals surface area contributed by atoms with E-state index in [-0.39, 0.29) is 31.1 Å². The molecule has 0 rings (SSSR count). The summed E-state index contributed by atoms with van der Waals surface area (Å²) in [7, 11) is 0. The van der Waals surface area contributed by atoms with Gasteiger partial charge in [-0.2, -0.15) is 0 Å². The molecule has 0 aromatic rings. The van der Waals surface area contributed by atoms with Crippen molar-refractivity contribution < 1.29 is 28.6 Å². The summed E-state index contributed by atoms with van der Waals surface area (Å²) in [6.45, 7) is 6.55. The second kappa shape index (κ2) is 67.4. The average Bonchev–Trinajstić information content (AvgIpc) is 3.45. The van der Waals surface area contributed by atoms with Gasteiger partial charge in [0.25, 0.3) is 0 Å². The fraction of sp³-hybridized carbons (Fsp3) is 0.795. The minimum Gasteiger partial charge on any atom is -0.462 e. The molecule has 0 aliphatic heterocycles. The molecule has 0 aliphatic carbocycles. The van der Waals surface area contributed by atoms with Crippen molar-refractivity contribution >= 4 is 17.9 Å². The Balaban J connectivity index is 4.33. The monoisotopic (exact) mass is 1100 g/mol. The molecule has 1 unspecified atom stereocenters. The summed E-state index contributed by atoms with van der Waals surface area (Å²) < 4.78 is 17.0. The summed E-state index contributed by atoms with van der Waals surface area (Å²) in [5.41, 5.74) is 0. The number of allylic oxidation sites excluding steroid dienone is 12. The van der Waals surface area contributed by atoms with Crippen LogP contribution in [0.15, 0.2) is 72.9 Å². The van der Waals surface area contributed by atoms with E-state index in [0.717, 1.165) is 103 Å². The summed E-state index contributed by atoms with van der Waals surface area (Å²) in [6, 6.07) is 0. The van der Waals surface area contributed by atoms with Gasteiger partial charge in [0, 0.05) is 19.3 Å². The maximum atomic E-state index is 12.9. The fourth-order valence-electron chi connectivity index (χ4n) is 10.1. The second-order valence-electron chi connectivity index (χ2n) is 23.1. The van der Waals surface area contributed by atoms with E-state index in [2.05, 4.69) is 93.7 Å².